The number of aliphatic imine (C=N–C) groups is 1. The van der Waals surface area contributed by atoms with Crippen LogP contribution < -0.4 is 9.54 Å². The van der Waals surface area contributed by atoms with Gasteiger partial charge in [0, 0.05) is 22.1 Å². The van der Waals surface area contributed by atoms with Crippen molar-refractivity contribution in [2.75, 3.05) is 7.11 Å². The second-order valence-electron chi connectivity index (χ2n) is 5.52. The summed E-state index contributed by atoms with van der Waals surface area (Å²) in [5, 5.41) is 9.64. The highest BCUT2D eigenvalue weighted by molar-refractivity contribution is 7.09. The molecule has 0 radical (unpaired) electrons. The van der Waals surface area contributed by atoms with Crippen LogP contribution in [0.15, 0.2) is 28.2 Å². The van der Waals surface area contributed by atoms with E-state index in [-0.39, 0.29) is 0 Å². The molecule has 0 aliphatic heterocycles. The van der Waals surface area contributed by atoms with Crippen LogP contribution in [0, 0.1) is 25.3 Å². The Morgan fingerprint density at radius 1 is 1.40 bits per heavy atom. The number of halogens is 1. The van der Waals surface area contributed by atoms with E-state index >= 15 is 0 Å². The molecule has 1 heterocycles. The number of unbranched alkanes of at least 4 members (excludes halogenated alkanes) is 1. The number of hydrogen-bond donors (Lipinski definition) is 0. The molecular formula is C18H21ClN4OS. The Morgan fingerprint density at radius 3 is 2.80 bits per heavy atom. The Kier molecular flexibility index (Phi) is 6.80. The molecule has 7 heteroatoms. The van der Waals surface area contributed by atoms with Gasteiger partial charge in [-0.15, -0.1) is 11.3 Å². The van der Waals surface area contributed by atoms with Crippen LogP contribution in [0.1, 0.15) is 35.9 Å². The highest BCUT2D eigenvalue weighted by atomic mass is 35.5. The molecule has 25 heavy (non-hydrogen) atoms. The summed E-state index contributed by atoms with van der Waals surface area (Å²) in [4.78, 5) is 10.6. The fourth-order valence-electron chi connectivity index (χ4n) is 2.40. The molecular weight excluding hydrogens is 356 g/mol. The van der Waals surface area contributed by atoms with Crippen molar-refractivity contribution < 1.29 is 4.74 Å². The SMILES string of the molecule is CCCCn1c(C)c(C)sc1=NC(=NC#N)c1cc(Cl)ccc1OC. The van der Waals surface area contributed by atoms with Crippen molar-refractivity contribution in [1.82, 2.24) is 4.57 Å². The van der Waals surface area contributed by atoms with Crippen LogP contribution >= 0.6 is 22.9 Å². The molecule has 5 nitrogen and oxygen atoms in total. The minimum atomic E-state index is 0.299. The van der Waals surface area contributed by atoms with E-state index in [0.717, 1.165) is 24.2 Å². The molecule has 0 aliphatic carbocycles. The van der Waals surface area contributed by atoms with Crippen LogP contribution in [0.5, 0.6) is 5.75 Å². The first-order valence-electron chi connectivity index (χ1n) is 8.04. The van der Waals surface area contributed by atoms with Crippen molar-refractivity contribution in [2.24, 2.45) is 9.98 Å². The number of amidine groups is 1. The topological polar surface area (TPSA) is 62.7 Å². The van der Waals surface area contributed by atoms with Crippen LogP contribution in [0.3, 0.4) is 0 Å². The van der Waals surface area contributed by atoms with Gasteiger partial charge in [0.2, 0.25) is 6.19 Å². The molecule has 1 aromatic heterocycles. The van der Waals surface area contributed by atoms with Gasteiger partial charge in [-0.25, -0.2) is 0 Å². The van der Waals surface area contributed by atoms with Gasteiger partial charge in [-0.3, -0.25) is 0 Å². The summed E-state index contributed by atoms with van der Waals surface area (Å²) in [5.41, 5.74) is 1.79. The summed E-state index contributed by atoms with van der Waals surface area (Å²) in [7, 11) is 1.57. The minimum Gasteiger partial charge on any atom is -0.496 e. The number of ether oxygens (including phenoxy) is 1. The highest BCUT2D eigenvalue weighted by Crippen LogP contribution is 2.24. The van der Waals surface area contributed by atoms with Gasteiger partial charge in [-0.05, 0) is 38.5 Å². The summed E-state index contributed by atoms with van der Waals surface area (Å²) < 4.78 is 7.55. The molecule has 0 atom stereocenters. The van der Waals surface area contributed by atoms with Gasteiger partial charge in [0.15, 0.2) is 10.6 Å². The maximum Gasteiger partial charge on any atom is 0.207 e. The van der Waals surface area contributed by atoms with E-state index in [1.165, 1.54) is 10.6 Å². The lowest BCUT2D eigenvalue weighted by atomic mass is 10.2. The highest BCUT2D eigenvalue weighted by Gasteiger charge is 2.13. The molecule has 0 spiro atoms. The van der Waals surface area contributed by atoms with E-state index in [0.29, 0.717) is 22.2 Å². The molecule has 0 unspecified atom stereocenters. The second-order valence-corrected chi connectivity index (χ2v) is 7.14. The number of aryl methyl sites for hydroxylation is 1. The summed E-state index contributed by atoms with van der Waals surface area (Å²) in [5.74, 6) is 0.876. The average molecular weight is 377 g/mol. The van der Waals surface area contributed by atoms with Crippen LogP contribution in [0.4, 0.5) is 0 Å². The third-order valence-electron chi connectivity index (χ3n) is 3.88. The Labute approximate surface area is 156 Å². The third kappa shape index (κ3) is 4.50. The lowest BCUT2D eigenvalue weighted by Gasteiger charge is -2.08. The van der Waals surface area contributed by atoms with Gasteiger partial charge in [-0.2, -0.15) is 15.2 Å². The Balaban J connectivity index is 2.64. The predicted octanol–water partition coefficient (Wildman–Crippen LogP) is 4.46. The first-order chi connectivity index (χ1) is 12.0. The first kappa shape index (κ1) is 19.2. The zero-order chi connectivity index (χ0) is 18.4. The van der Waals surface area contributed by atoms with Crippen molar-refractivity contribution in [3.05, 3.63) is 44.2 Å². The van der Waals surface area contributed by atoms with Gasteiger partial charge in [0.1, 0.15) is 5.75 Å². The molecule has 2 aromatic rings. The fraction of sp³-hybridized carbons (Fsp3) is 0.389. The summed E-state index contributed by atoms with van der Waals surface area (Å²) in [6, 6.07) is 5.19. The number of benzene rings is 1. The standard InChI is InChI=1S/C18H21ClN4OS/c1-5-6-9-23-12(2)13(3)25-18(23)22-17(21-11-20)15-10-14(19)7-8-16(15)24-4/h7-8,10H,5-6,9H2,1-4H3. The third-order valence-corrected chi connectivity index (χ3v) is 5.22. The normalized spacial score (nSPS) is 12.3. The molecule has 0 saturated heterocycles. The summed E-state index contributed by atoms with van der Waals surface area (Å²) >= 11 is 7.70. The zero-order valence-corrected chi connectivity index (χ0v) is 16.4. The summed E-state index contributed by atoms with van der Waals surface area (Å²) in [6.45, 7) is 7.20. The van der Waals surface area contributed by atoms with Gasteiger partial charge in [0.25, 0.3) is 0 Å². The molecule has 0 fully saturated rings. The maximum absolute atomic E-state index is 9.10. The van der Waals surface area contributed by atoms with E-state index < -0.39 is 0 Å². The van der Waals surface area contributed by atoms with Crippen molar-refractivity contribution in [2.45, 2.75) is 40.2 Å². The van der Waals surface area contributed by atoms with Gasteiger partial charge in [0.05, 0.1) is 12.7 Å². The van der Waals surface area contributed by atoms with Gasteiger partial charge in [-0.1, -0.05) is 24.9 Å². The summed E-state index contributed by atoms with van der Waals surface area (Å²) in [6.07, 6.45) is 4.00. The van der Waals surface area contributed by atoms with Crippen molar-refractivity contribution in [3.63, 3.8) is 0 Å². The van der Waals surface area contributed by atoms with Gasteiger partial charge >= 0.3 is 0 Å². The van der Waals surface area contributed by atoms with Crippen LogP contribution in [0.25, 0.3) is 0 Å². The first-order valence-corrected chi connectivity index (χ1v) is 9.23. The molecule has 0 aliphatic rings. The van der Waals surface area contributed by atoms with Crippen molar-refractivity contribution >= 4 is 28.8 Å². The number of nitrogens with zero attached hydrogens (tertiary/aromatic N) is 4. The number of hydrogen-bond acceptors (Lipinski definition) is 4. The largest absolute Gasteiger partial charge is 0.496 e. The van der Waals surface area contributed by atoms with Crippen LogP contribution in [-0.4, -0.2) is 17.5 Å². The van der Waals surface area contributed by atoms with Crippen LogP contribution in [-0.2, 0) is 6.54 Å². The van der Waals surface area contributed by atoms with Crippen molar-refractivity contribution in [3.8, 4) is 11.9 Å². The smallest absolute Gasteiger partial charge is 0.207 e. The lowest BCUT2D eigenvalue weighted by Crippen LogP contribution is -2.19. The fourth-order valence-corrected chi connectivity index (χ4v) is 3.57. The zero-order valence-electron chi connectivity index (χ0n) is 14.8. The molecule has 0 amide bonds. The average Bonchev–Trinajstić information content (AvgIpc) is 2.86. The van der Waals surface area contributed by atoms with Gasteiger partial charge < -0.3 is 9.30 Å². The monoisotopic (exact) mass is 376 g/mol. The van der Waals surface area contributed by atoms with E-state index in [1.807, 2.05) is 6.19 Å². The van der Waals surface area contributed by atoms with E-state index in [2.05, 4.69) is 35.3 Å². The lowest BCUT2D eigenvalue weighted by molar-refractivity contribution is 0.414. The number of thiazole rings is 1. The van der Waals surface area contributed by atoms with E-state index in [1.54, 1.807) is 36.6 Å². The molecule has 2 rings (SSSR count). The number of nitriles is 1. The Hall–Kier alpha value is -2.10. The number of aromatic nitrogens is 1. The molecule has 132 valence electrons. The molecule has 1 aromatic carbocycles. The van der Waals surface area contributed by atoms with Crippen LogP contribution in [0.2, 0.25) is 5.02 Å². The van der Waals surface area contributed by atoms with E-state index in [9.17, 15) is 0 Å². The molecule has 0 saturated carbocycles. The minimum absolute atomic E-state index is 0.299. The number of rotatable bonds is 5. The second kappa shape index (κ2) is 8.84. The van der Waals surface area contributed by atoms with E-state index in [4.69, 9.17) is 21.6 Å². The Bertz CT molecular complexity index is 889. The molecule has 0 N–H and O–H groups in total. The maximum atomic E-state index is 9.10. The number of methoxy groups -OCH3 is 1. The Morgan fingerprint density at radius 2 is 2.16 bits per heavy atom. The molecule has 0 bridgehead atoms. The quantitative estimate of drug-likeness (QED) is 0.439. The van der Waals surface area contributed by atoms with Crippen molar-refractivity contribution in [1.29, 1.82) is 5.26 Å². The predicted molar refractivity (Wildman–Crippen MR) is 102 cm³/mol.